The average molecular weight is 333 g/mol. The monoisotopic (exact) mass is 332 g/mol. The first kappa shape index (κ1) is 10.6. The highest BCUT2D eigenvalue weighted by Gasteiger charge is 2.02. The molecule has 0 spiro atoms. The zero-order valence-electron chi connectivity index (χ0n) is 7.48. The molecule has 1 heterocycles. The Morgan fingerprint density at radius 2 is 2.20 bits per heavy atom. The van der Waals surface area contributed by atoms with E-state index in [4.69, 9.17) is 16.8 Å². The summed E-state index contributed by atoms with van der Waals surface area (Å²) in [6.07, 6.45) is 1.80. The molecule has 0 radical (unpaired) electrons. The fourth-order valence-electron chi connectivity index (χ4n) is 1.29. The third-order valence-corrected chi connectivity index (χ3v) is 2.86. The Bertz CT molecular complexity index is 542. The minimum absolute atomic E-state index is 0.0794. The molecular formula is C10H6ClIN2O. The van der Waals surface area contributed by atoms with Crippen molar-refractivity contribution in [3.8, 4) is 0 Å². The summed E-state index contributed by atoms with van der Waals surface area (Å²) in [7, 11) is 0. The number of hydrogen-bond donors (Lipinski definition) is 1. The van der Waals surface area contributed by atoms with E-state index in [1.165, 1.54) is 0 Å². The lowest BCUT2D eigenvalue weighted by Gasteiger charge is -2.00. The number of fused-ring (bicyclic) bond motifs is 1. The van der Waals surface area contributed by atoms with Crippen molar-refractivity contribution in [2.24, 2.45) is 5.16 Å². The van der Waals surface area contributed by atoms with E-state index in [0.29, 0.717) is 5.56 Å². The molecule has 0 bridgehead atoms. The topological polar surface area (TPSA) is 45.5 Å². The summed E-state index contributed by atoms with van der Waals surface area (Å²) in [4.78, 5) is 4.25. The van der Waals surface area contributed by atoms with Crippen LogP contribution in [0.4, 0.5) is 0 Å². The maximum Gasteiger partial charge on any atom is 0.175 e. The number of halogens is 2. The maximum atomic E-state index is 8.55. The lowest BCUT2D eigenvalue weighted by molar-refractivity contribution is 0.321. The van der Waals surface area contributed by atoms with E-state index in [2.05, 4.69) is 32.7 Å². The Balaban J connectivity index is 2.64. The van der Waals surface area contributed by atoms with Gasteiger partial charge in [-0.1, -0.05) is 16.8 Å². The second-order valence-electron chi connectivity index (χ2n) is 2.95. The van der Waals surface area contributed by atoms with E-state index in [0.717, 1.165) is 14.5 Å². The number of nitrogens with zero attached hydrogens (tertiary/aromatic N) is 2. The van der Waals surface area contributed by atoms with Crippen LogP contribution in [0.3, 0.4) is 0 Å². The summed E-state index contributed by atoms with van der Waals surface area (Å²) in [5.74, 6) is 0. The SMILES string of the molecule is ON=C(Cl)c1ccc2ncc(I)cc2c1. The van der Waals surface area contributed by atoms with Gasteiger partial charge in [-0.05, 0) is 46.9 Å². The van der Waals surface area contributed by atoms with Crippen LogP contribution in [-0.4, -0.2) is 15.4 Å². The van der Waals surface area contributed by atoms with Gasteiger partial charge in [0, 0.05) is 20.7 Å². The molecule has 0 atom stereocenters. The van der Waals surface area contributed by atoms with Crippen molar-refractivity contribution >= 4 is 50.3 Å². The molecule has 0 aliphatic heterocycles. The molecule has 76 valence electrons. The van der Waals surface area contributed by atoms with Crippen molar-refractivity contribution in [3.05, 3.63) is 39.6 Å². The highest BCUT2D eigenvalue weighted by atomic mass is 127. The number of oxime groups is 1. The fourth-order valence-corrected chi connectivity index (χ4v) is 1.88. The van der Waals surface area contributed by atoms with Gasteiger partial charge >= 0.3 is 0 Å². The van der Waals surface area contributed by atoms with Crippen LogP contribution in [0, 0.1) is 3.57 Å². The quantitative estimate of drug-likeness (QED) is 0.377. The molecule has 0 saturated carbocycles. The first-order chi connectivity index (χ1) is 7.20. The van der Waals surface area contributed by atoms with E-state index < -0.39 is 0 Å². The Morgan fingerprint density at radius 1 is 1.40 bits per heavy atom. The molecule has 0 amide bonds. The van der Waals surface area contributed by atoms with E-state index in [1.54, 1.807) is 12.3 Å². The van der Waals surface area contributed by atoms with Crippen LogP contribution in [0.1, 0.15) is 5.56 Å². The van der Waals surface area contributed by atoms with E-state index in [1.807, 2.05) is 18.2 Å². The van der Waals surface area contributed by atoms with Crippen molar-refractivity contribution in [1.82, 2.24) is 4.98 Å². The molecule has 2 rings (SSSR count). The van der Waals surface area contributed by atoms with Gasteiger partial charge in [0.05, 0.1) is 5.52 Å². The Kier molecular flexibility index (Phi) is 3.06. The van der Waals surface area contributed by atoms with Crippen LogP contribution in [0.15, 0.2) is 35.6 Å². The first-order valence-electron chi connectivity index (χ1n) is 4.14. The van der Waals surface area contributed by atoms with Gasteiger partial charge < -0.3 is 5.21 Å². The molecule has 0 aliphatic rings. The first-order valence-corrected chi connectivity index (χ1v) is 5.59. The minimum Gasteiger partial charge on any atom is -0.410 e. The molecule has 0 saturated heterocycles. The number of rotatable bonds is 1. The summed E-state index contributed by atoms with van der Waals surface area (Å²) in [5, 5.41) is 12.6. The Morgan fingerprint density at radius 3 is 2.93 bits per heavy atom. The molecule has 1 aromatic carbocycles. The summed E-state index contributed by atoms with van der Waals surface area (Å²) >= 11 is 7.90. The van der Waals surface area contributed by atoms with Crippen LogP contribution >= 0.6 is 34.2 Å². The van der Waals surface area contributed by atoms with Gasteiger partial charge in [0.1, 0.15) is 0 Å². The normalized spacial score (nSPS) is 12.0. The predicted octanol–water partition coefficient (Wildman–Crippen LogP) is 3.21. The summed E-state index contributed by atoms with van der Waals surface area (Å²) < 4.78 is 1.05. The maximum absolute atomic E-state index is 8.55. The molecule has 3 nitrogen and oxygen atoms in total. The predicted molar refractivity (Wildman–Crippen MR) is 68.6 cm³/mol. The van der Waals surface area contributed by atoms with Crippen molar-refractivity contribution in [1.29, 1.82) is 0 Å². The molecule has 0 fully saturated rings. The summed E-state index contributed by atoms with van der Waals surface area (Å²) in [6.45, 7) is 0. The highest BCUT2D eigenvalue weighted by Crippen LogP contribution is 2.17. The van der Waals surface area contributed by atoms with Gasteiger partial charge in [-0.2, -0.15) is 0 Å². The van der Waals surface area contributed by atoms with Crippen LogP contribution in [0.2, 0.25) is 0 Å². The van der Waals surface area contributed by atoms with Gasteiger partial charge in [0.2, 0.25) is 0 Å². The zero-order chi connectivity index (χ0) is 10.8. The van der Waals surface area contributed by atoms with Crippen molar-refractivity contribution in [2.75, 3.05) is 0 Å². The van der Waals surface area contributed by atoms with E-state index >= 15 is 0 Å². The van der Waals surface area contributed by atoms with Crippen LogP contribution in [0.25, 0.3) is 10.9 Å². The van der Waals surface area contributed by atoms with E-state index in [-0.39, 0.29) is 5.17 Å². The minimum atomic E-state index is 0.0794. The summed E-state index contributed by atoms with van der Waals surface area (Å²) in [5.41, 5.74) is 1.57. The fraction of sp³-hybridized carbons (Fsp3) is 0. The third kappa shape index (κ3) is 2.21. The molecule has 5 heteroatoms. The third-order valence-electron chi connectivity index (χ3n) is 1.97. The molecule has 15 heavy (non-hydrogen) atoms. The zero-order valence-corrected chi connectivity index (χ0v) is 10.4. The Labute approximate surface area is 105 Å². The van der Waals surface area contributed by atoms with Crippen molar-refractivity contribution in [2.45, 2.75) is 0 Å². The number of benzene rings is 1. The smallest absolute Gasteiger partial charge is 0.175 e. The van der Waals surface area contributed by atoms with Gasteiger partial charge in [-0.15, -0.1) is 0 Å². The Hall–Kier alpha value is -0.880. The molecule has 1 aromatic heterocycles. The van der Waals surface area contributed by atoms with Crippen LogP contribution < -0.4 is 0 Å². The largest absolute Gasteiger partial charge is 0.410 e. The van der Waals surface area contributed by atoms with Crippen molar-refractivity contribution in [3.63, 3.8) is 0 Å². The highest BCUT2D eigenvalue weighted by molar-refractivity contribution is 14.1. The second-order valence-corrected chi connectivity index (χ2v) is 4.56. The van der Waals surface area contributed by atoms with Gasteiger partial charge in [0.25, 0.3) is 0 Å². The number of aromatic nitrogens is 1. The number of hydrogen-bond acceptors (Lipinski definition) is 3. The van der Waals surface area contributed by atoms with Crippen LogP contribution in [-0.2, 0) is 0 Å². The summed E-state index contributed by atoms with van der Waals surface area (Å²) in [6, 6.07) is 7.44. The lowest BCUT2D eigenvalue weighted by Crippen LogP contribution is -1.91. The molecule has 2 aromatic rings. The molecule has 1 N–H and O–H groups in total. The number of pyridine rings is 1. The molecule has 0 aliphatic carbocycles. The van der Waals surface area contributed by atoms with Gasteiger partial charge in [-0.3, -0.25) is 4.98 Å². The molecular weight excluding hydrogens is 326 g/mol. The van der Waals surface area contributed by atoms with Crippen molar-refractivity contribution < 1.29 is 5.21 Å². The van der Waals surface area contributed by atoms with E-state index in [9.17, 15) is 0 Å². The standard InChI is InChI=1S/C10H6ClIN2O/c11-10(14-15)6-1-2-9-7(3-6)4-8(12)5-13-9/h1-5,15H. The van der Waals surface area contributed by atoms with Gasteiger partial charge in [-0.25, -0.2) is 0 Å². The van der Waals surface area contributed by atoms with Gasteiger partial charge in [0.15, 0.2) is 5.17 Å². The average Bonchev–Trinajstić information content (AvgIpc) is 2.27. The molecule has 0 unspecified atom stereocenters. The second kappa shape index (κ2) is 4.32. The lowest BCUT2D eigenvalue weighted by atomic mass is 10.1. The van der Waals surface area contributed by atoms with Crippen LogP contribution in [0.5, 0.6) is 0 Å².